The lowest BCUT2D eigenvalue weighted by Gasteiger charge is -2.12. The van der Waals surface area contributed by atoms with Crippen LogP contribution >= 0.6 is 11.6 Å². The quantitative estimate of drug-likeness (QED) is 0.665. The van der Waals surface area contributed by atoms with E-state index in [1.807, 2.05) is 19.1 Å². The number of hydrogen-bond donors (Lipinski definition) is 1. The largest absolute Gasteiger partial charge is 0.493 e. The number of ether oxygens (including phenoxy) is 2. The van der Waals surface area contributed by atoms with E-state index in [-0.39, 0.29) is 11.8 Å². The number of carbonyl (C=O) groups is 2. The molecule has 0 saturated heterocycles. The average molecular weight is 417 g/mol. The van der Waals surface area contributed by atoms with E-state index in [0.29, 0.717) is 35.2 Å². The molecule has 1 N–H and O–H groups in total. The molecule has 0 aromatic heterocycles. The molecule has 0 radical (unpaired) electrons. The summed E-state index contributed by atoms with van der Waals surface area (Å²) in [6.45, 7) is 2.69. The SMILES string of the molecule is CCOc1c(Cl)cc(/C=C/C(=O)NCc2ccc(C(=O)N(C)C)cc2)cc1OC. The minimum Gasteiger partial charge on any atom is -0.493 e. The Morgan fingerprint density at radius 1 is 1.17 bits per heavy atom. The molecule has 0 unspecified atom stereocenters. The van der Waals surface area contributed by atoms with Crippen molar-refractivity contribution >= 4 is 29.5 Å². The first-order valence-electron chi connectivity index (χ1n) is 9.12. The fourth-order valence-corrected chi connectivity index (χ4v) is 2.84. The highest BCUT2D eigenvalue weighted by molar-refractivity contribution is 6.32. The van der Waals surface area contributed by atoms with Gasteiger partial charge in [0.2, 0.25) is 5.91 Å². The molecule has 2 rings (SSSR count). The van der Waals surface area contributed by atoms with Crippen molar-refractivity contribution in [1.29, 1.82) is 0 Å². The first kappa shape index (κ1) is 22.3. The number of halogens is 1. The molecule has 6 nitrogen and oxygen atoms in total. The van der Waals surface area contributed by atoms with Gasteiger partial charge in [0.05, 0.1) is 18.7 Å². The van der Waals surface area contributed by atoms with Gasteiger partial charge in [-0.3, -0.25) is 9.59 Å². The topological polar surface area (TPSA) is 67.9 Å². The van der Waals surface area contributed by atoms with Gasteiger partial charge in [0.15, 0.2) is 11.5 Å². The van der Waals surface area contributed by atoms with Crippen molar-refractivity contribution in [2.24, 2.45) is 0 Å². The highest BCUT2D eigenvalue weighted by Gasteiger charge is 2.11. The molecular weight excluding hydrogens is 392 g/mol. The molecule has 7 heteroatoms. The van der Waals surface area contributed by atoms with Crippen LogP contribution in [0.4, 0.5) is 0 Å². The van der Waals surface area contributed by atoms with Crippen LogP contribution < -0.4 is 14.8 Å². The lowest BCUT2D eigenvalue weighted by molar-refractivity contribution is -0.116. The maximum atomic E-state index is 12.1. The average Bonchev–Trinajstić information content (AvgIpc) is 2.72. The van der Waals surface area contributed by atoms with Crippen molar-refractivity contribution in [1.82, 2.24) is 10.2 Å². The summed E-state index contributed by atoms with van der Waals surface area (Å²) in [7, 11) is 4.94. The molecular formula is C22H25ClN2O4. The van der Waals surface area contributed by atoms with Crippen LogP contribution in [0.25, 0.3) is 6.08 Å². The number of rotatable bonds is 8. The second kappa shape index (κ2) is 10.5. The fraction of sp³-hybridized carbons (Fsp3) is 0.273. The number of carbonyl (C=O) groups excluding carboxylic acids is 2. The number of methoxy groups -OCH3 is 1. The Morgan fingerprint density at radius 2 is 1.86 bits per heavy atom. The van der Waals surface area contributed by atoms with Gasteiger partial charge in [-0.05, 0) is 48.4 Å². The fourth-order valence-electron chi connectivity index (χ4n) is 2.56. The molecule has 0 aliphatic rings. The van der Waals surface area contributed by atoms with Crippen molar-refractivity contribution in [2.45, 2.75) is 13.5 Å². The first-order valence-corrected chi connectivity index (χ1v) is 9.50. The number of amides is 2. The Balaban J connectivity index is 1.98. The molecule has 0 spiro atoms. The molecule has 0 heterocycles. The molecule has 154 valence electrons. The maximum Gasteiger partial charge on any atom is 0.253 e. The van der Waals surface area contributed by atoms with Gasteiger partial charge in [-0.2, -0.15) is 0 Å². The monoisotopic (exact) mass is 416 g/mol. The van der Waals surface area contributed by atoms with Crippen molar-refractivity contribution < 1.29 is 19.1 Å². The van der Waals surface area contributed by atoms with E-state index in [0.717, 1.165) is 11.1 Å². The molecule has 2 amide bonds. The third-order valence-electron chi connectivity index (χ3n) is 4.04. The maximum absolute atomic E-state index is 12.1. The standard InChI is InChI=1S/C22H25ClN2O4/c1-5-29-21-18(23)12-16(13-19(21)28-4)8-11-20(26)24-14-15-6-9-17(10-7-15)22(27)25(2)3/h6-13H,5,14H2,1-4H3,(H,24,26)/b11-8+. The summed E-state index contributed by atoms with van der Waals surface area (Å²) in [5.41, 5.74) is 2.22. The molecule has 2 aromatic rings. The normalized spacial score (nSPS) is 10.7. The zero-order valence-corrected chi connectivity index (χ0v) is 17.7. The summed E-state index contributed by atoms with van der Waals surface area (Å²) in [6, 6.07) is 10.6. The van der Waals surface area contributed by atoms with Gasteiger partial charge < -0.3 is 19.7 Å². The van der Waals surface area contributed by atoms with Crippen molar-refractivity contribution in [2.75, 3.05) is 27.8 Å². The van der Waals surface area contributed by atoms with Gasteiger partial charge in [0.25, 0.3) is 5.91 Å². The van der Waals surface area contributed by atoms with Crippen LogP contribution in [-0.4, -0.2) is 44.5 Å². The van der Waals surface area contributed by atoms with Crippen LogP contribution in [0.1, 0.15) is 28.4 Å². The van der Waals surface area contributed by atoms with Crippen LogP contribution in [0, 0.1) is 0 Å². The van der Waals surface area contributed by atoms with E-state index in [1.54, 1.807) is 44.4 Å². The van der Waals surface area contributed by atoms with Crippen LogP contribution in [0.2, 0.25) is 5.02 Å². The number of nitrogens with zero attached hydrogens (tertiary/aromatic N) is 1. The third-order valence-corrected chi connectivity index (χ3v) is 4.32. The lowest BCUT2D eigenvalue weighted by atomic mass is 10.1. The highest BCUT2D eigenvalue weighted by Crippen LogP contribution is 2.36. The Hall–Kier alpha value is -2.99. The highest BCUT2D eigenvalue weighted by atomic mass is 35.5. The summed E-state index contributed by atoms with van der Waals surface area (Å²) < 4.78 is 10.8. The van der Waals surface area contributed by atoms with Gasteiger partial charge in [-0.25, -0.2) is 0 Å². The van der Waals surface area contributed by atoms with E-state index >= 15 is 0 Å². The third kappa shape index (κ3) is 6.26. The predicted molar refractivity (Wildman–Crippen MR) is 115 cm³/mol. The number of hydrogen-bond acceptors (Lipinski definition) is 4. The summed E-state index contributed by atoms with van der Waals surface area (Å²) in [5, 5.41) is 3.22. The molecule has 0 aliphatic heterocycles. The summed E-state index contributed by atoms with van der Waals surface area (Å²) in [6.07, 6.45) is 3.08. The number of benzene rings is 2. The van der Waals surface area contributed by atoms with Gasteiger partial charge in [-0.15, -0.1) is 0 Å². The van der Waals surface area contributed by atoms with E-state index in [2.05, 4.69) is 5.32 Å². The zero-order chi connectivity index (χ0) is 21.4. The molecule has 0 aliphatic carbocycles. The van der Waals surface area contributed by atoms with Crippen LogP contribution in [0.15, 0.2) is 42.5 Å². The first-order chi connectivity index (χ1) is 13.8. The molecule has 0 fully saturated rings. The minimum absolute atomic E-state index is 0.0621. The molecule has 29 heavy (non-hydrogen) atoms. The van der Waals surface area contributed by atoms with Gasteiger partial charge in [0.1, 0.15) is 0 Å². The molecule has 0 bridgehead atoms. The summed E-state index contributed by atoms with van der Waals surface area (Å²) >= 11 is 6.24. The summed E-state index contributed by atoms with van der Waals surface area (Å²) in [5.74, 6) is 0.677. The zero-order valence-electron chi connectivity index (χ0n) is 17.0. The van der Waals surface area contributed by atoms with Gasteiger partial charge in [-0.1, -0.05) is 23.7 Å². The van der Waals surface area contributed by atoms with Gasteiger partial charge >= 0.3 is 0 Å². The Bertz CT molecular complexity index is 892. The lowest BCUT2D eigenvalue weighted by Crippen LogP contribution is -2.22. The second-order valence-corrected chi connectivity index (χ2v) is 6.82. The molecule has 0 atom stereocenters. The Morgan fingerprint density at radius 3 is 2.45 bits per heavy atom. The number of nitrogens with one attached hydrogen (secondary N) is 1. The minimum atomic E-state index is -0.248. The second-order valence-electron chi connectivity index (χ2n) is 6.41. The molecule has 0 saturated carbocycles. The predicted octanol–water partition coefficient (Wildman–Crippen LogP) is 3.78. The van der Waals surface area contributed by atoms with Crippen molar-refractivity contribution in [3.63, 3.8) is 0 Å². The van der Waals surface area contributed by atoms with Crippen LogP contribution in [-0.2, 0) is 11.3 Å². The van der Waals surface area contributed by atoms with E-state index in [9.17, 15) is 9.59 Å². The van der Waals surface area contributed by atoms with E-state index in [1.165, 1.54) is 18.1 Å². The Kier molecular flexibility index (Phi) is 8.09. The molecule has 2 aromatic carbocycles. The van der Waals surface area contributed by atoms with E-state index < -0.39 is 0 Å². The summed E-state index contributed by atoms with van der Waals surface area (Å²) in [4.78, 5) is 25.5. The van der Waals surface area contributed by atoms with Crippen LogP contribution in [0.5, 0.6) is 11.5 Å². The van der Waals surface area contributed by atoms with E-state index in [4.69, 9.17) is 21.1 Å². The smallest absolute Gasteiger partial charge is 0.253 e. The van der Waals surface area contributed by atoms with Crippen molar-refractivity contribution in [3.8, 4) is 11.5 Å². The van der Waals surface area contributed by atoms with Gasteiger partial charge in [0, 0.05) is 32.3 Å². The Labute approximate surface area is 176 Å². The van der Waals surface area contributed by atoms with Crippen molar-refractivity contribution in [3.05, 3.63) is 64.2 Å². The van der Waals surface area contributed by atoms with Crippen LogP contribution in [0.3, 0.4) is 0 Å².